The molecule has 0 fully saturated rings. The van der Waals surface area contributed by atoms with Gasteiger partial charge in [-0.05, 0) is 31.2 Å². The third kappa shape index (κ3) is 4.73. The number of urea groups is 1. The summed E-state index contributed by atoms with van der Waals surface area (Å²) in [6.07, 6.45) is 0. The molecule has 0 atom stereocenters. The molecule has 1 aromatic rings. The van der Waals surface area contributed by atoms with Crippen LogP contribution in [-0.4, -0.2) is 32.1 Å². The van der Waals surface area contributed by atoms with Crippen LogP contribution < -0.4 is 20.7 Å². The van der Waals surface area contributed by atoms with Gasteiger partial charge in [0.25, 0.3) is 5.91 Å². The zero-order valence-corrected chi connectivity index (χ0v) is 10.4. The Labute approximate surface area is 106 Å². The Morgan fingerprint density at radius 2 is 1.89 bits per heavy atom. The predicted octanol–water partition coefficient (Wildman–Crippen LogP) is 0.953. The van der Waals surface area contributed by atoms with Crippen LogP contribution in [0.5, 0.6) is 5.75 Å². The highest BCUT2D eigenvalue weighted by Gasteiger charge is 2.06. The van der Waals surface area contributed by atoms with Gasteiger partial charge in [0.2, 0.25) is 0 Å². The number of carbonyl (C=O) groups excluding carboxylic acids is 2. The summed E-state index contributed by atoms with van der Waals surface area (Å²) in [4.78, 5) is 22.4. The first kappa shape index (κ1) is 13.8. The molecule has 0 aliphatic heterocycles. The highest BCUT2D eigenvalue weighted by atomic mass is 16.5. The van der Waals surface area contributed by atoms with Gasteiger partial charge >= 0.3 is 6.03 Å². The fourth-order valence-corrected chi connectivity index (χ4v) is 1.23. The monoisotopic (exact) mass is 251 g/mol. The molecule has 0 spiro atoms. The number of hydrogen-bond acceptors (Lipinski definition) is 4. The summed E-state index contributed by atoms with van der Waals surface area (Å²) in [6.45, 7) is 2.03. The number of hydrogen-bond donors (Lipinski definition) is 3. The molecular weight excluding hydrogens is 234 g/mol. The van der Waals surface area contributed by atoms with E-state index in [0.717, 1.165) is 5.69 Å². The lowest BCUT2D eigenvalue weighted by Gasteiger charge is -2.07. The van der Waals surface area contributed by atoms with Gasteiger partial charge in [-0.1, -0.05) is 0 Å². The van der Waals surface area contributed by atoms with E-state index >= 15 is 0 Å². The number of amides is 3. The molecule has 6 heteroatoms. The van der Waals surface area contributed by atoms with Crippen LogP contribution in [-0.2, 0) is 4.79 Å². The lowest BCUT2D eigenvalue weighted by Crippen LogP contribution is -2.41. The highest BCUT2D eigenvalue weighted by Crippen LogP contribution is 2.14. The lowest BCUT2D eigenvalue weighted by atomic mass is 10.3. The first-order valence-electron chi connectivity index (χ1n) is 5.64. The molecule has 0 bridgehead atoms. The van der Waals surface area contributed by atoms with Crippen LogP contribution in [0.4, 0.5) is 10.5 Å². The first-order valence-corrected chi connectivity index (χ1v) is 5.64. The topological polar surface area (TPSA) is 79.5 Å². The Morgan fingerprint density at radius 1 is 1.22 bits per heavy atom. The molecule has 0 saturated carbocycles. The summed E-state index contributed by atoms with van der Waals surface area (Å²) in [5.41, 5.74) is 0.953. The van der Waals surface area contributed by atoms with Crippen LogP contribution in [0.1, 0.15) is 6.92 Å². The molecule has 3 N–H and O–H groups in total. The van der Waals surface area contributed by atoms with Crippen molar-refractivity contribution in [2.45, 2.75) is 6.92 Å². The Hall–Kier alpha value is -2.24. The molecular formula is C12H17N3O3. The van der Waals surface area contributed by atoms with Gasteiger partial charge in [-0.25, -0.2) is 4.79 Å². The van der Waals surface area contributed by atoms with E-state index in [9.17, 15) is 9.59 Å². The molecule has 1 rings (SSSR count). The normalized spacial score (nSPS) is 9.44. The molecule has 0 saturated heterocycles. The van der Waals surface area contributed by atoms with Crippen molar-refractivity contribution in [3.8, 4) is 5.75 Å². The zero-order chi connectivity index (χ0) is 13.4. The maximum absolute atomic E-state index is 11.3. The molecule has 0 radical (unpaired) electrons. The van der Waals surface area contributed by atoms with Crippen LogP contribution >= 0.6 is 0 Å². The van der Waals surface area contributed by atoms with Gasteiger partial charge in [0.1, 0.15) is 5.75 Å². The predicted molar refractivity (Wildman–Crippen MR) is 68.7 cm³/mol. The van der Waals surface area contributed by atoms with Gasteiger partial charge in [-0.3, -0.25) is 10.1 Å². The number of anilines is 1. The van der Waals surface area contributed by atoms with Crippen molar-refractivity contribution < 1.29 is 14.3 Å². The minimum Gasteiger partial charge on any atom is -0.484 e. The number of nitrogens with one attached hydrogen (secondary N) is 3. The van der Waals surface area contributed by atoms with Crippen molar-refractivity contribution in [3.63, 3.8) is 0 Å². The fourth-order valence-electron chi connectivity index (χ4n) is 1.23. The lowest BCUT2D eigenvalue weighted by molar-refractivity contribution is -0.122. The average Bonchev–Trinajstić information content (AvgIpc) is 2.37. The molecule has 98 valence electrons. The molecule has 0 aromatic heterocycles. The quantitative estimate of drug-likeness (QED) is 0.728. The van der Waals surface area contributed by atoms with Gasteiger partial charge < -0.3 is 15.4 Å². The highest BCUT2D eigenvalue weighted by molar-refractivity contribution is 5.94. The van der Waals surface area contributed by atoms with E-state index in [-0.39, 0.29) is 6.61 Å². The second-order valence-electron chi connectivity index (χ2n) is 3.47. The van der Waals surface area contributed by atoms with Crippen molar-refractivity contribution in [3.05, 3.63) is 24.3 Å². The molecule has 0 aliphatic carbocycles. The maximum Gasteiger partial charge on any atom is 0.321 e. The van der Waals surface area contributed by atoms with Crippen molar-refractivity contribution in [1.82, 2.24) is 10.6 Å². The maximum atomic E-state index is 11.3. The largest absolute Gasteiger partial charge is 0.484 e. The molecule has 3 amide bonds. The van der Waals surface area contributed by atoms with Gasteiger partial charge in [0.15, 0.2) is 6.61 Å². The van der Waals surface area contributed by atoms with Crippen LogP contribution in [0, 0.1) is 0 Å². The molecule has 6 nitrogen and oxygen atoms in total. The number of ether oxygens (including phenoxy) is 1. The minimum absolute atomic E-state index is 0.198. The van der Waals surface area contributed by atoms with Crippen molar-refractivity contribution in [1.29, 1.82) is 0 Å². The molecule has 1 aromatic carbocycles. The van der Waals surface area contributed by atoms with Crippen LogP contribution in [0.15, 0.2) is 24.3 Å². The van der Waals surface area contributed by atoms with E-state index < -0.39 is 11.9 Å². The van der Waals surface area contributed by atoms with Gasteiger partial charge in [0, 0.05) is 19.3 Å². The summed E-state index contributed by atoms with van der Waals surface area (Å²) in [6, 6.07) is 6.63. The molecule has 0 unspecified atom stereocenters. The molecule has 0 aliphatic rings. The Balaban J connectivity index is 2.35. The summed E-state index contributed by atoms with van der Waals surface area (Å²) >= 11 is 0. The smallest absolute Gasteiger partial charge is 0.321 e. The Bertz CT molecular complexity index is 404. The van der Waals surface area contributed by atoms with Crippen molar-refractivity contribution >= 4 is 17.6 Å². The molecule has 0 heterocycles. The van der Waals surface area contributed by atoms with Crippen molar-refractivity contribution in [2.75, 3.05) is 25.5 Å². The summed E-state index contributed by atoms with van der Waals surface area (Å²) < 4.78 is 5.23. The van der Waals surface area contributed by atoms with E-state index in [1.807, 2.05) is 19.2 Å². The van der Waals surface area contributed by atoms with E-state index in [2.05, 4.69) is 16.0 Å². The third-order valence-electron chi connectivity index (χ3n) is 2.10. The van der Waals surface area contributed by atoms with Crippen LogP contribution in [0.3, 0.4) is 0 Å². The fraction of sp³-hybridized carbons (Fsp3) is 0.333. The summed E-state index contributed by atoms with van der Waals surface area (Å²) in [7, 11) is 1.82. The second kappa shape index (κ2) is 7.16. The zero-order valence-electron chi connectivity index (χ0n) is 10.4. The van der Waals surface area contributed by atoms with Crippen LogP contribution in [0.2, 0.25) is 0 Å². The van der Waals surface area contributed by atoms with Crippen molar-refractivity contribution in [2.24, 2.45) is 0 Å². The number of benzene rings is 1. The van der Waals surface area contributed by atoms with Crippen LogP contribution in [0.25, 0.3) is 0 Å². The standard InChI is InChI=1S/C12H17N3O3/c1-3-14-12(17)15-11(16)8-18-10-6-4-9(13-2)5-7-10/h4-7,13H,3,8H2,1-2H3,(H2,14,15,16,17). The molecule has 18 heavy (non-hydrogen) atoms. The minimum atomic E-state index is -0.517. The average molecular weight is 251 g/mol. The van der Waals surface area contributed by atoms with Gasteiger partial charge in [0.05, 0.1) is 0 Å². The van der Waals surface area contributed by atoms with E-state index in [4.69, 9.17) is 4.74 Å². The van der Waals surface area contributed by atoms with Gasteiger partial charge in [-0.15, -0.1) is 0 Å². The first-order chi connectivity index (χ1) is 8.65. The second-order valence-corrected chi connectivity index (χ2v) is 3.47. The Morgan fingerprint density at radius 3 is 2.44 bits per heavy atom. The number of carbonyl (C=O) groups is 2. The van der Waals surface area contributed by atoms with Gasteiger partial charge in [-0.2, -0.15) is 0 Å². The van der Waals surface area contributed by atoms with E-state index in [1.54, 1.807) is 19.1 Å². The SMILES string of the molecule is CCNC(=O)NC(=O)COc1ccc(NC)cc1. The Kier molecular flexibility index (Phi) is 5.50. The number of imide groups is 1. The summed E-state index contributed by atoms with van der Waals surface area (Å²) in [5, 5.41) is 7.57. The third-order valence-corrected chi connectivity index (χ3v) is 2.10. The summed E-state index contributed by atoms with van der Waals surface area (Å²) in [5.74, 6) is 0.0821. The number of rotatable bonds is 5. The van der Waals surface area contributed by atoms with E-state index in [0.29, 0.717) is 12.3 Å². The van der Waals surface area contributed by atoms with E-state index in [1.165, 1.54) is 0 Å².